The Balaban J connectivity index is 3.39. The van der Waals surface area contributed by atoms with Crippen molar-refractivity contribution in [2.24, 2.45) is 5.41 Å². The van der Waals surface area contributed by atoms with Gasteiger partial charge in [-0.1, -0.05) is 27.2 Å². The Morgan fingerprint density at radius 2 is 2.00 bits per heavy atom. The van der Waals surface area contributed by atoms with Crippen molar-refractivity contribution in [3.05, 3.63) is 0 Å². The van der Waals surface area contributed by atoms with Crippen LogP contribution in [-0.2, 0) is 0 Å². The summed E-state index contributed by atoms with van der Waals surface area (Å²) in [5.41, 5.74) is 0.441. The van der Waals surface area contributed by atoms with Crippen LogP contribution in [0.25, 0.3) is 0 Å². The maximum atomic E-state index is 8.29. The van der Waals surface area contributed by atoms with Crippen molar-refractivity contribution >= 4 is 0 Å². The molecule has 0 aromatic heterocycles. The zero-order chi connectivity index (χ0) is 8.04. The summed E-state index contributed by atoms with van der Waals surface area (Å²) in [6, 6.07) is 2.16. The van der Waals surface area contributed by atoms with Gasteiger partial charge in [-0.2, -0.15) is 5.26 Å². The van der Waals surface area contributed by atoms with E-state index in [-0.39, 0.29) is 0 Å². The molecule has 0 aromatic carbocycles. The van der Waals surface area contributed by atoms with Gasteiger partial charge in [-0.15, -0.1) is 0 Å². The highest BCUT2D eigenvalue weighted by atomic mass is 14.2. The SMILES string of the molecule is CCC(C)(C)CCCC#N. The molecule has 0 aliphatic rings. The van der Waals surface area contributed by atoms with Crippen LogP contribution in [0.15, 0.2) is 0 Å². The molecule has 1 nitrogen and oxygen atoms in total. The van der Waals surface area contributed by atoms with Gasteiger partial charge in [-0.25, -0.2) is 0 Å². The van der Waals surface area contributed by atoms with Gasteiger partial charge in [0, 0.05) is 6.42 Å². The lowest BCUT2D eigenvalue weighted by molar-refractivity contribution is 0.314. The lowest BCUT2D eigenvalue weighted by atomic mass is 9.85. The summed E-state index contributed by atoms with van der Waals surface area (Å²) >= 11 is 0. The van der Waals surface area contributed by atoms with Gasteiger partial charge in [0.2, 0.25) is 0 Å². The topological polar surface area (TPSA) is 23.8 Å². The van der Waals surface area contributed by atoms with Crippen molar-refractivity contribution in [3.8, 4) is 6.07 Å². The molecule has 1 heteroatoms. The molecule has 0 amide bonds. The van der Waals surface area contributed by atoms with Gasteiger partial charge < -0.3 is 0 Å². The largest absolute Gasteiger partial charge is 0.198 e. The molecule has 0 bridgehead atoms. The van der Waals surface area contributed by atoms with E-state index in [1.807, 2.05) is 0 Å². The highest BCUT2D eigenvalue weighted by molar-refractivity contribution is 4.72. The maximum absolute atomic E-state index is 8.29. The van der Waals surface area contributed by atoms with Crippen LogP contribution in [0.3, 0.4) is 0 Å². The number of hydrogen-bond donors (Lipinski definition) is 0. The summed E-state index contributed by atoms with van der Waals surface area (Å²) in [6.07, 6.45) is 4.15. The van der Waals surface area contributed by atoms with Crippen molar-refractivity contribution in [2.75, 3.05) is 0 Å². The third-order valence-electron chi connectivity index (χ3n) is 2.10. The summed E-state index contributed by atoms with van der Waals surface area (Å²) in [7, 11) is 0. The van der Waals surface area contributed by atoms with E-state index in [4.69, 9.17) is 5.26 Å². The first-order valence-electron chi connectivity index (χ1n) is 3.99. The van der Waals surface area contributed by atoms with Crippen molar-refractivity contribution in [1.29, 1.82) is 5.26 Å². The number of hydrogen-bond acceptors (Lipinski definition) is 1. The second-order valence-electron chi connectivity index (χ2n) is 3.53. The summed E-state index contributed by atoms with van der Waals surface area (Å²) < 4.78 is 0. The second kappa shape index (κ2) is 4.33. The van der Waals surface area contributed by atoms with Gasteiger partial charge in [-0.05, 0) is 18.3 Å². The van der Waals surface area contributed by atoms with E-state index in [0.717, 1.165) is 6.42 Å². The monoisotopic (exact) mass is 139 g/mol. The Bertz CT molecular complexity index is 119. The molecular formula is C9H17N. The average molecular weight is 139 g/mol. The number of nitriles is 1. The van der Waals surface area contributed by atoms with E-state index < -0.39 is 0 Å². The Morgan fingerprint density at radius 3 is 2.40 bits per heavy atom. The van der Waals surface area contributed by atoms with Crippen molar-refractivity contribution in [3.63, 3.8) is 0 Å². The zero-order valence-electron chi connectivity index (χ0n) is 7.28. The first-order chi connectivity index (χ1) is 4.62. The molecule has 0 spiro atoms. The summed E-state index contributed by atoms with van der Waals surface area (Å²) in [5.74, 6) is 0. The normalized spacial score (nSPS) is 11.0. The quantitative estimate of drug-likeness (QED) is 0.549. The third kappa shape index (κ3) is 4.38. The van der Waals surface area contributed by atoms with Crippen LogP contribution in [0.5, 0.6) is 0 Å². The molecule has 0 heterocycles. The van der Waals surface area contributed by atoms with E-state index in [0.29, 0.717) is 11.8 Å². The standard InChI is InChI=1S/C9H17N/c1-4-9(2,3)7-5-6-8-10/h4-7H2,1-3H3. The molecule has 0 unspecified atom stereocenters. The van der Waals surface area contributed by atoms with Gasteiger partial charge in [0.15, 0.2) is 0 Å². The molecule has 0 N–H and O–H groups in total. The molecule has 0 fully saturated rings. The minimum atomic E-state index is 0.441. The van der Waals surface area contributed by atoms with Crippen LogP contribution >= 0.6 is 0 Å². The second-order valence-corrected chi connectivity index (χ2v) is 3.53. The highest BCUT2D eigenvalue weighted by Crippen LogP contribution is 2.26. The lowest BCUT2D eigenvalue weighted by Crippen LogP contribution is -2.08. The number of nitrogens with zero attached hydrogens (tertiary/aromatic N) is 1. The number of unbranched alkanes of at least 4 members (excludes halogenated alkanes) is 1. The maximum Gasteiger partial charge on any atom is 0.0621 e. The van der Waals surface area contributed by atoms with Crippen LogP contribution in [0.4, 0.5) is 0 Å². The van der Waals surface area contributed by atoms with E-state index in [1.165, 1.54) is 12.8 Å². The van der Waals surface area contributed by atoms with Crippen molar-refractivity contribution in [2.45, 2.75) is 46.5 Å². The Hall–Kier alpha value is -0.510. The fourth-order valence-electron chi connectivity index (χ4n) is 0.823. The van der Waals surface area contributed by atoms with Crippen molar-refractivity contribution in [1.82, 2.24) is 0 Å². The molecule has 0 aromatic rings. The molecule has 0 radical (unpaired) electrons. The Kier molecular flexibility index (Phi) is 4.11. The fraction of sp³-hybridized carbons (Fsp3) is 0.889. The zero-order valence-corrected chi connectivity index (χ0v) is 7.28. The molecule has 0 saturated carbocycles. The smallest absolute Gasteiger partial charge is 0.0621 e. The van der Waals surface area contributed by atoms with Crippen LogP contribution in [0, 0.1) is 16.7 Å². The van der Waals surface area contributed by atoms with Crippen molar-refractivity contribution < 1.29 is 0 Å². The van der Waals surface area contributed by atoms with E-state index in [9.17, 15) is 0 Å². The predicted octanol–water partition coefficient (Wildman–Crippen LogP) is 3.12. The average Bonchev–Trinajstić information content (AvgIpc) is 1.89. The predicted molar refractivity (Wildman–Crippen MR) is 43.5 cm³/mol. The molecule has 0 atom stereocenters. The lowest BCUT2D eigenvalue weighted by Gasteiger charge is -2.21. The highest BCUT2D eigenvalue weighted by Gasteiger charge is 2.13. The molecule has 0 saturated heterocycles. The first-order valence-corrected chi connectivity index (χ1v) is 3.99. The number of rotatable bonds is 4. The van der Waals surface area contributed by atoms with Crippen LogP contribution in [0.2, 0.25) is 0 Å². The van der Waals surface area contributed by atoms with Crippen LogP contribution in [0.1, 0.15) is 46.5 Å². The van der Waals surface area contributed by atoms with Gasteiger partial charge in [-0.3, -0.25) is 0 Å². The van der Waals surface area contributed by atoms with Gasteiger partial charge in [0.05, 0.1) is 6.07 Å². The summed E-state index contributed by atoms with van der Waals surface area (Å²) in [6.45, 7) is 6.71. The van der Waals surface area contributed by atoms with Gasteiger partial charge in [0.1, 0.15) is 0 Å². The minimum Gasteiger partial charge on any atom is -0.198 e. The molecule has 10 heavy (non-hydrogen) atoms. The van der Waals surface area contributed by atoms with Gasteiger partial charge >= 0.3 is 0 Å². The van der Waals surface area contributed by atoms with Crippen LogP contribution in [-0.4, -0.2) is 0 Å². The Morgan fingerprint density at radius 1 is 1.40 bits per heavy atom. The molecule has 0 aliphatic heterocycles. The molecule has 58 valence electrons. The first kappa shape index (κ1) is 9.49. The van der Waals surface area contributed by atoms with Crippen LogP contribution < -0.4 is 0 Å². The summed E-state index contributed by atoms with van der Waals surface area (Å²) in [5, 5.41) is 8.29. The van der Waals surface area contributed by atoms with Gasteiger partial charge in [0.25, 0.3) is 0 Å². The fourth-order valence-corrected chi connectivity index (χ4v) is 0.823. The molecule has 0 aliphatic carbocycles. The Labute approximate surface area is 64.1 Å². The summed E-state index contributed by atoms with van der Waals surface area (Å²) in [4.78, 5) is 0. The van der Waals surface area contributed by atoms with E-state index in [2.05, 4.69) is 26.8 Å². The van der Waals surface area contributed by atoms with E-state index in [1.54, 1.807) is 0 Å². The molecule has 0 rings (SSSR count). The third-order valence-corrected chi connectivity index (χ3v) is 2.10. The molecular weight excluding hydrogens is 122 g/mol. The minimum absolute atomic E-state index is 0.441. The van der Waals surface area contributed by atoms with E-state index >= 15 is 0 Å².